The lowest BCUT2D eigenvalue weighted by atomic mass is 9.95. The van der Waals surface area contributed by atoms with Crippen molar-refractivity contribution in [2.45, 2.75) is 58.5 Å². The van der Waals surface area contributed by atoms with Gasteiger partial charge in [-0.25, -0.2) is 4.79 Å². The number of benzene rings is 1. The Kier molecular flexibility index (Phi) is 5.47. The van der Waals surface area contributed by atoms with Crippen molar-refractivity contribution in [1.82, 2.24) is 5.32 Å². The van der Waals surface area contributed by atoms with Crippen LogP contribution < -0.4 is 5.32 Å². The van der Waals surface area contributed by atoms with Crippen LogP contribution in [0, 0.1) is 6.92 Å². The van der Waals surface area contributed by atoms with Crippen LogP contribution in [0.4, 0.5) is 0 Å². The summed E-state index contributed by atoms with van der Waals surface area (Å²) in [6.07, 6.45) is 6.36. The van der Waals surface area contributed by atoms with Crippen LogP contribution in [0.1, 0.15) is 60.7 Å². The Morgan fingerprint density at radius 1 is 1.33 bits per heavy atom. The third-order valence-corrected chi connectivity index (χ3v) is 5.15. The molecule has 2 aromatic rings. The molecule has 24 heavy (non-hydrogen) atoms. The number of carbonyl (C=O) groups excluding carboxylic acids is 1. The quantitative estimate of drug-likeness (QED) is 0.772. The van der Waals surface area contributed by atoms with E-state index < -0.39 is 0 Å². The van der Waals surface area contributed by atoms with Gasteiger partial charge >= 0.3 is 5.97 Å². The largest absolute Gasteiger partial charge is 0.462 e. The van der Waals surface area contributed by atoms with E-state index in [9.17, 15) is 4.79 Å². The van der Waals surface area contributed by atoms with E-state index in [0.29, 0.717) is 46.5 Å². The molecule has 5 heteroatoms. The average molecular weight is 350 g/mol. The number of ether oxygens (including phenoxy) is 1. The predicted molar refractivity (Wildman–Crippen MR) is 95.6 cm³/mol. The molecule has 3 rings (SSSR count). The van der Waals surface area contributed by atoms with Gasteiger partial charge in [0.2, 0.25) is 0 Å². The summed E-state index contributed by atoms with van der Waals surface area (Å²) in [5.41, 5.74) is 2.06. The van der Waals surface area contributed by atoms with Gasteiger partial charge < -0.3 is 14.5 Å². The number of hydrogen-bond donors (Lipinski definition) is 1. The smallest absolute Gasteiger partial charge is 0.342 e. The summed E-state index contributed by atoms with van der Waals surface area (Å²) >= 11 is 6.61. The van der Waals surface area contributed by atoms with Crippen molar-refractivity contribution in [3.05, 3.63) is 34.0 Å². The highest BCUT2D eigenvalue weighted by molar-refractivity contribution is 6.37. The lowest BCUT2D eigenvalue weighted by molar-refractivity contribution is 0.0526. The SMILES string of the molecule is CCOC(=O)c1c(C)oc2ccc(CNC3CCCCC3)c(Cl)c12. The zero-order valence-corrected chi connectivity index (χ0v) is 15.0. The zero-order valence-electron chi connectivity index (χ0n) is 14.3. The Labute approximate surface area is 147 Å². The second kappa shape index (κ2) is 7.58. The molecule has 0 bridgehead atoms. The maximum Gasteiger partial charge on any atom is 0.342 e. The summed E-state index contributed by atoms with van der Waals surface area (Å²) < 4.78 is 10.8. The van der Waals surface area contributed by atoms with Gasteiger partial charge in [0.1, 0.15) is 16.9 Å². The number of halogens is 1. The number of rotatable bonds is 5. The molecule has 4 nitrogen and oxygen atoms in total. The predicted octanol–water partition coefficient (Wildman–Crippen LogP) is 4.99. The van der Waals surface area contributed by atoms with Crippen LogP contribution in [0.15, 0.2) is 16.5 Å². The van der Waals surface area contributed by atoms with Crippen molar-refractivity contribution < 1.29 is 13.9 Å². The van der Waals surface area contributed by atoms with Crippen molar-refractivity contribution in [2.24, 2.45) is 0 Å². The molecule has 0 spiro atoms. The maximum atomic E-state index is 12.3. The molecule has 0 radical (unpaired) electrons. The highest BCUT2D eigenvalue weighted by Gasteiger charge is 2.23. The van der Waals surface area contributed by atoms with Gasteiger partial charge in [0, 0.05) is 12.6 Å². The standard InChI is InChI=1S/C19H24ClNO3/c1-3-23-19(22)16-12(2)24-15-10-9-13(18(20)17(15)16)11-21-14-7-5-4-6-8-14/h9-10,14,21H,3-8,11H2,1-2H3. The first-order valence-corrected chi connectivity index (χ1v) is 9.10. The molecule has 1 aliphatic rings. The number of fused-ring (bicyclic) bond motifs is 1. The molecule has 1 aliphatic carbocycles. The van der Waals surface area contributed by atoms with E-state index in [1.807, 2.05) is 12.1 Å². The number of hydrogen-bond acceptors (Lipinski definition) is 4. The first kappa shape index (κ1) is 17.3. The van der Waals surface area contributed by atoms with Gasteiger partial charge in [0.15, 0.2) is 0 Å². The van der Waals surface area contributed by atoms with Gasteiger partial charge in [-0.1, -0.05) is 36.9 Å². The van der Waals surface area contributed by atoms with Crippen molar-refractivity contribution in [3.8, 4) is 0 Å². The molecule has 0 saturated heterocycles. The molecule has 130 valence electrons. The topological polar surface area (TPSA) is 51.5 Å². The van der Waals surface area contributed by atoms with Crippen LogP contribution in [0.2, 0.25) is 5.02 Å². The fraction of sp³-hybridized carbons (Fsp3) is 0.526. The van der Waals surface area contributed by atoms with Gasteiger partial charge in [0.25, 0.3) is 0 Å². The minimum absolute atomic E-state index is 0.325. The van der Waals surface area contributed by atoms with Crippen LogP contribution in [0.25, 0.3) is 11.0 Å². The lowest BCUT2D eigenvalue weighted by Gasteiger charge is -2.23. The molecule has 0 aliphatic heterocycles. The van der Waals surface area contributed by atoms with Crippen LogP contribution in [0.5, 0.6) is 0 Å². The van der Waals surface area contributed by atoms with Crippen LogP contribution in [-0.4, -0.2) is 18.6 Å². The molecular formula is C19H24ClNO3. The van der Waals surface area contributed by atoms with E-state index in [2.05, 4.69) is 5.32 Å². The summed E-state index contributed by atoms with van der Waals surface area (Å²) in [6, 6.07) is 4.41. The second-order valence-electron chi connectivity index (χ2n) is 6.38. The first-order valence-electron chi connectivity index (χ1n) is 8.72. The normalized spacial score (nSPS) is 15.8. The Morgan fingerprint density at radius 3 is 2.79 bits per heavy atom. The van der Waals surface area contributed by atoms with Crippen molar-refractivity contribution in [2.75, 3.05) is 6.61 Å². The molecule has 0 unspecified atom stereocenters. The summed E-state index contributed by atoms with van der Waals surface area (Å²) in [4.78, 5) is 12.3. The minimum atomic E-state index is -0.381. The highest BCUT2D eigenvalue weighted by Crippen LogP contribution is 2.34. The van der Waals surface area contributed by atoms with E-state index >= 15 is 0 Å². The average Bonchev–Trinajstić information content (AvgIpc) is 2.92. The fourth-order valence-corrected chi connectivity index (χ4v) is 3.78. The Bertz CT molecular complexity index is 732. The molecule has 0 atom stereocenters. The number of carbonyl (C=O) groups is 1. The molecule has 1 fully saturated rings. The van der Waals surface area contributed by atoms with Gasteiger partial charge in [-0.3, -0.25) is 0 Å². The third kappa shape index (κ3) is 3.45. The van der Waals surface area contributed by atoms with Gasteiger partial charge in [-0.05, 0) is 38.3 Å². The van der Waals surface area contributed by atoms with Crippen LogP contribution in [-0.2, 0) is 11.3 Å². The number of furan rings is 1. The Balaban J connectivity index is 1.88. The maximum absolute atomic E-state index is 12.3. The van der Waals surface area contributed by atoms with E-state index in [1.54, 1.807) is 13.8 Å². The third-order valence-electron chi connectivity index (χ3n) is 4.71. The fourth-order valence-electron chi connectivity index (χ4n) is 3.46. The molecule has 1 saturated carbocycles. The van der Waals surface area contributed by atoms with Gasteiger partial charge in [-0.15, -0.1) is 0 Å². The first-order chi connectivity index (χ1) is 11.6. The van der Waals surface area contributed by atoms with E-state index in [1.165, 1.54) is 32.1 Å². The summed E-state index contributed by atoms with van der Waals surface area (Å²) in [7, 11) is 0. The minimum Gasteiger partial charge on any atom is -0.462 e. The second-order valence-corrected chi connectivity index (χ2v) is 6.76. The molecular weight excluding hydrogens is 326 g/mol. The highest BCUT2D eigenvalue weighted by atomic mass is 35.5. The van der Waals surface area contributed by atoms with E-state index in [0.717, 1.165) is 5.56 Å². The van der Waals surface area contributed by atoms with Crippen molar-refractivity contribution in [1.29, 1.82) is 0 Å². The van der Waals surface area contributed by atoms with Gasteiger partial charge in [0.05, 0.1) is 17.0 Å². The monoisotopic (exact) mass is 349 g/mol. The Morgan fingerprint density at radius 2 is 2.08 bits per heavy atom. The number of aryl methyl sites for hydroxylation is 1. The summed E-state index contributed by atoms with van der Waals surface area (Å²) in [5.74, 6) is 0.163. The molecule has 1 aromatic carbocycles. The Hall–Kier alpha value is -1.52. The zero-order chi connectivity index (χ0) is 17.1. The molecule has 1 aromatic heterocycles. The van der Waals surface area contributed by atoms with Crippen LogP contribution in [0.3, 0.4) is 0 Å². The molecule has 1 heterocycles. The number of nitrogens with one attached hydrogen (secondary N) is 1. The van der Waals surface area contributed by atoms with Crippen molar-refractivity contribution in [3.63, 3.8) is 0 Å². The summed E-state index contributed by atoms with van der Waals surface area (Å²) in [5, 5.41) is 4.83. The van der Waals surface area contributed by atoms with Crippen LogP contribution >= 0.6 is 11.6 Å². The van der Waals surface area contributed by atoms with Crippen molar-refractivity contribution >= 4 is 28.5 Å². The van der Waals surface area contributed by atoms with Gasteiger partial charge in [-0.2, -0.15) is 0 Å². The summed E-state index contributed by atoms with van der Waals surface area (Å²) in [6.45, 7) is 4.58. The lowest BCUT2D eigenvalue weighted by Crippen LogP contribution is -2.30. The number of esters is 1. The van der Waals surface area contributed by atoms with E-state index in [-0.39, 0.29) is 5.97 Å². The molecule has 0 amide bonds. The van der Waals surface area contributed by atoms with E-state index in [4.69, 9.17) is 20.8 Å². The molecule has 1 N–H and O–H groups in total.